The molecule has 0 spiro atoms. The van der Waals surface area contributed by atoms with Crippen LogP contribution in [0.3, 0.4) is 0 Å². The summed E-state index contributed by atoms with van der Waals surface area (Å²) in [6, 6.07) is 12.9. The van der Waals surface area contributed by atoms with Crippen molar-refractivity contribution in [2.45, 2.75) is 13.5 Å². The minimum atomic E-state index is -0.279. The van der Waals surface area contributed by atoms with E-state index < -0.39 is 0 Å². The van der Waals surface area contributed by atoms with Crippen LogP contribution in [0.5, 0.6) is 11.5 Å². The summed E-state index contributed by atoms with van der Waals surface area (Å²) < 4.78 is 11.2. The number of rotatable bonds is 7. The lowest BCUT2D eigenvalue weighted by Crippen LogP contribution is -2.07. The third-order valence-electron chi connectivity index (χ3n) is 3.68. The molecule has 1 heterocycles. The molecular formula is C20H18ClN3O3S. The molecule has 0 aliphatic heterocycles. The number of benzene rings is 2. The summed E-state index contributed by atoms with van der Waals surface area (Å²) >= 11 is 7.21. The Morgan fingerprint density at radius 3 is 2.64 bits per heavy atom. The fourth-order valence-corrected chi connectivity index (χ4v) is 3.04. The van der Waals surface area contributed by atoms with Gasteiger partial charge in [0.25, 0.3) is 0 Å². The van der Waals surface area contributed by atoms with Gasteiger partial charge in [-0.3, -0.25) is 10.1 Å². The van der Waals surface area contributed by atoms with Crippen LogP contribution in [0.15, 0.2) is 48.5 Å². The predicted molar refractivity (Wildman–Crippen MR) is 111 cm³/mol. The molecule has 2 aromatic carbocycles. The van der Waals surface area contributed by atoms with Crippen LogP contribution in [0.4, 0.5) is 5.13 Å². The first-order valence-corrected chi connectivity index (χ1v) is 9.57. The monoisotopic (exact) mass is 415 g/mol. The first-order chi connectivity index (χ1) is 13.5. The average Bonchev–Trinajstić information content (AvgIpc) is 3.10. The first-order valence-electron chi connectivity index (χ1n) is 8.38. The molecule has 0 saturated heterocycles. The molecule has 3 rings (SSSR count). The molecule has 3 aromatic rings. The second-order valence-electron chi connectivity index (χ2n) is 5.77. The molecule has 28 heavy (non-hydrogen) atoms. The summed E-state index contributed by atoms with van der Waals surface area (Å²) in [4.78, 5) is 12.0. The molecule has 1 N–H and O–H groups in total. The molecule has 6 nitrogen and oxygen atoms in total. The Labute approximate surface area is 171 Å². The lowest BCUT2D eigenvalue weighted by Gasteiger charge is -2.11. The van der Waals surface area contributed by atoms with Gasteiger partial charge in [-0.15, -0.1) is 10.2 Å². The molecule has 0 radical (unpaired) electrons. The zero-order chi connectivity index (χ0) is 19.9. The van der Waals surface area contributed by atoms with Crippen molar-refractivity contribution in [1.29, 1.82) is 0 Å². The van der Waals surface area contributed by atoms with Gasteiger partial charge in [0.15, 0.2) is 11.5 Å². The maximum Gasteiger partial charge on any atom is 0.250 e. The number of halogens is 1. The summed E-state index contributed by atoms with van der Waals surface area (Å²) in [7, 11) is 1.57. The van der Waals surface area contributed by atoms with Gasteiger partial charge in [0, 0.05) is 11.1 Å². The van der Waals surface area contributed by atoms with Gasteiger partial charge in [-0.25, -0.2) is 0 Å². The van der Waals surface area contributed by atoms with Crippen molar-refractivity contribution in [3.63, 3.8) is 0 Å². The third-order valence-corrected chi connectivity index (χ3v) is 4.68. The van der Waals surface area contributed by atoms with Gasteiger partial charge in [-0.1, -0.05) is 41.1 Å². The summed E-state index contributed by atoms with van der Waals surface area (Å²) in [5.74, 6) is 0.915. The number of aryl methyl sites for hydroxylation is 1. The van der Waals surface area contributed by atoms with Crippen molar-refractivity contribution in [3.8, 4) is 11.5 Å². The van der Waals surface area contributed by atoms with Crippen LogP contribution in [-0.2, 0) is 11.4 Å². The molecule has 0 unspecified atom stereocenters. The van der Waals surface area contributed by atoms with E-state index in [4.69, 9.17) is 21.1 Å². The Morgan fingerprint density at radius 1 is 1.18 bits per heavy atom. The molecule has 144 valence electrons. The largest absolute Gasteiger partial charge is 0.493 e. The van der Waals surface area contributed by atoms with E-state index in [0.717, 1.165) is 16.1 Å². The number of ether oxygens (including phenoxy) is 2. The Balaban J connectivity index is 1.63. The quantitative estimate of drug-likeness (QED) is 0.564. The maximum absolute atomic E-state index is 12.0. The van der Waals surface area contributed by atoms with Gasteiger partial charge in [-0.2, -0.15) is 0 Å². The lowest BCUT2D eigenvalue weighted by molar-refractivity contribution is -0.111. The second-order valence-corrected chi connectivity index (χ2v) is 7.39. The van der Waals surface area contributed by atoms with Crippen molar-refractivity contribution in [2.75, 3.05) is 12.4 Å². The van der Waals surface area contributed by atoms with Crippen molar-refractivity contribution >= 4 is 40.1 Å². The zero-order valence-electron chi connectivity index (χ0n) is 15.3. The van der Waals surface area contributed by atoms with Crippen LogP contribution < -0.4 is 14.8 Å². The Bertz CT molecular complexity index is 987. The Kier molecular flexibility index (Phi) is 6.62. The van der Waals surface area contributed by atoms with Crippen molar-refractivity contribution < 1.29 is 14.3 Å². The van der Waals surface area contributed by atoms with Crippen LogP contribution in [0, 0.1) is 6.92 Å². The number of methoxy groups -OCH3 is 1. The first kappa shape index (κ1) is 19.9. The van der Waals surface area contributed by atoms with E-state index in [1.165, 1.54) is 17.4 Å². The van der Waals surface area contributed by atoms with Crippen molar-refractivity contribution in [2.24, 2.45) is 0 Å². The number of nitrogens with zero attached hydrogens (tertiary/aromatic N) is 2. The van der Waals surface area contributed by atoms with Crippen molar-refractivity contribution in [1.82, 2.24) is 10.2 Å². The number of aromatic nitrogens is 2. The number of carbonyl (C=O) groups excluding carboxylic acids is 1. The van der Waals surface area contributed by atoms with Gasteiger partial charge < -0.3 is 9.47 Å². The van der Waals surface area contributed by atoms with E-state index in [-0.39, 0.29) is 5.91 Å². The summed E-state index contributed by atoms with van der Waals surface area (Å²) in [6.45, 7) is 2.22. The van der Waals surface area contributed by atoms with E-state index >= 15 is 0 Å². The van der Waals surface area contributed by atoms with E-state index in [9.17, 15) is 4.79 Å². The van der Waals surface area contributed by atoms with E-state index in [1.807, 2.05) is 37.3 Å². The standard InChI is InChI=1S/C20H18ClN3O3S/c1-13-23-24-20(28-13)22-19(25)10-6-14-5-9-17(18(11-14)26-2)27-12-15-3-7-16(21)8-4-15/h3-11H,12H2,1-2H3,(H,22,24,25)/b10-6+. The number of nitrogens with one attached hydrogen (secondary N) is 1. The summed E-state index contributed by atoms with van der Waals surface area (Å²) in [5, 5.41) is 12.3. The van der Waals surface area contributed by atoms with E-state index in [1.54, 1.807) is 25.3 Å². The number of anilines is 1. The minimum Gasteiger partial charge on any atom is -0.493 e. The molecule has 8 heteroatoms. The molecular weight excluding hydrogens is 398 g/mol. The highest BCUT2D eigenvalue weighted by atomic mass is 35.5. The van der Waals surface area contributed by atoms with Crippen LogP contribution in [0.1, 0.15) is 16.1 Å². The molecule has 0 bridgehead atoms. The van der Waals surface area contributed by atoms with Crippen molar-refractivity contribution in [3.05, 3.63) is 69.7 Å². The Hall–Kier alpha value is -2.90. The highest BCUT2D eigenvalue weighted by Gasteiger charge is 2.07. The fraction of sp³-hybridized carbons (Fsp3) is 0.150. The molecule has 0 saturated carbocycles. The number of amides is 1. The number of carbonyl (C=O) groups is 1. The predicted octanol–water partition coefficient (Wildman–Crippen LogP) is 4.74. The molecule has 0 atom stereocenters. The molecule has 1 amide bonds. The minimum absolute atomic E-state index is 0.279. The van der Waals surface area contributed by atoms with Gasteiger partial charge in [-0.05, 0) is 48.4 Å². The fourth-order valence-electron chi connectivity index (χ4n) is 2.31. The van der Waals surface area contributed by atoms with E-state index in [2.05, 4.69) is 15.5 Å². The molecule has 0 aliphatic rings. The number of hydrogen-bond acceptors (Lipinski definition) is 6. The molecule has 0 aliphatic carbocycles. The maximum atomic E-state index is 12.0. The van der Waals surface area contributed by atoms with Gasteiger partial charge in [0.05, 0.1) is 7.11 Å². The smallest absolute Gasteiger partial charge is 0.250 e. The SMILES string of the molecule is COc1cc(/C=C/C(=O)Nc2nnc(C)s2)ccc1OCc1ccc(Cl)cc1. The van der Waals surface area contributed by atoms with Gasteiger partial charge in [0.2, 0.25) is 11.0 Å². The van der Waals surface area contributed by atoms with Crippen LogP contribution in [-0.4, -0.2) is 23.2 Å². The second kappa shape index (κ2) is 9.34. The highest BCUT2D eigenvalue weighted by molar-refractivity contribution is 7.15. The van der Waals surface area contributed by atoms with Crippen LogP contribution >= 0.6 is 22.9 Å². The Morgan fingerprint density at radius 2 is 1.96 bits per heavy atom. The lowest BCUT2D eigenvalue weighted by atomic mass is 10.2. The topological polar surface area (TPSA) is 73.3 Å². The van der Waals surface area contributed by atoms with Crippen LogP contribution in [0.25, 0.3) is 6.08 Å². The molecule has 1 aromatic heterocycles. The highest BCUT2D eigenvalue weighted by Crippen LogP contribution is 2.29. The van der Waals surface area contributed by atoms with Gasteiger partial charge in [0.1, 0.15) is 11.6 Å². The third kappa shape index (κ3) is 5.55. The van der Waals surface area contributed by atoms with E-state index in [0.29, 0.717) is 28.3 Å². The zero-order valence-corrected chi connectivity index (χ0v) is 16.9. The average molecular weight is 416 g/mol. The normalized spacial score (nSPS) is 10.8. The van der Waals surface area contributed by atoms with Gasteiger partial charge >= 0.3 is 0 Å². The number of hydrogen-bond donors (Lipinski definition) is 1. The van der Waals surface area contributed by atoms with Crippen LogP contribution in [0.2, 0.25) is 5.02 Å². The summed E-state index contributed by atoms with van der Waals surface area (Å²) in [5.41, 5.74) is 1.80. The molecule has 0 fully saturated rings. The summed E-state index contributed by atoms with van der Waals surface area (Å²) in [6.07, 6.45) is 3.12.